The van der Waals surface area contributed by atoms with Crippen LogP contribution in [0.4, 0.5) is 4.79 Å². The van der Waals surface area contributed by atoms with Crippen molar-refractivity contribution in [2.24, 2.45) is 0 Å². The van der Waals surface area contributed by atoms with E-state index in [9.17, 15) is 28.8 Å². The topological polar surface area (TPSA) is 162 Å². The summed E-state index contributed by atoms with van der Waals surface area (Å²) in [7, 11) is 1.13. The van der Waals surface area contributed by atoms with Gasteiger partial charge in [0, 0.05) is 13.0 Å². The maximum Gasteiger partial charge on any atom is 0.407 e. The highest BCUT2D eigenvalue weighted by atomic mass is 16.5. The second-order valence-electron chi connectivity index (χ2n) is 6.85. The number of carbonyl (C=O) groups is 6. The second-order valence-corrected chi connectivity index (χ2v) is 6.85. The van der Waals surface area contributed by atoms with Gasteiger partial charge in [-0.2, -0.15) is 0 Å². The first-order chi connectivity index (χ1) is 13.6. The molecule has 29 heavy (non-hydrogen) atoms. The molecule has 160 valence electrons. The van der Waals surface area contributed by atoms with Gasteiger partial charge < -0.3 is 20.5 Å². The van der Waals surface area contributed by atoms with Gasteiger partial charge in [-0.25, -0.2) is 9.80 Å². The third-order valence-corrected chi connectivity index (χ3v) is 4.83. The quantitative estimate of drug-likeness (QED) is 0.489. The zero-order valence-electron chi connectivity index (χ0n) is 16.2. The zero-order valence-corrected chi connectivity index (χ0v) is 16.2. The summed E-state index contributed by atoms with van der Waals surface area (Å²) in [5, 5.41) is 15.8. The van der Waals surface area contributed by atoms with E-state index in [1.54, 1.807) is 0 Å². The number of hydrogen-bond acceptors (Lipinski definition) is 7. The van der Waals surface area contributed by atoms with Crippen LogP contribution in [0.1, 0.15) is 39.0 Å². The predicted molar refractivity (Wildman–Crippen MR) is 95.0 cm³/mol. The molecule has 2 heterocycles. The summed E-state index contributed by atoms with van der Waals surface area (Å²) in [4.78, 5) is 72.4. The smallest absolute Gasteiger partial charge is 0.407 e. The van der Waals surface area contributed by atoms with E-state index < -0.39 is 54.2 Å². The van der Waals surface area contributed by atoms with Crippen molar-refractivity contribution in [3.05, 3.63) is 0 Å². The molecule has 3 unspecified atom stereocenters. The number of aliphatic carboxylic acids is 1. The molecule has 0 aromatic rings. The van der Waals surface area contributed by atoms with Gasteiger partial charge in [0.1, 0.15) is 12.1 Å². The molecule has 0 saturated carbocycles. The number of hydrazine groups is 1. The van der Waals surface area contributed by atoms with Gasteiger partial charge in [0.25, 0.3) is 5.91 Å². The average Bonchev–Trinajstić information content (AvgIpc) is 2.78. The minimum atomic E-state index is -1.26. The number of alkyl carbamates (subject to hydrolysis) is 1. The summed E-state index contributed by atoms with van der Waals surface area (Å²) in [5.41, 5.74) is 0. The molecular formula is C17H24N4O8. The Labute approximate surface area is 166 Å². The number of ketones is 1. The van der Waals surface area contributed by atoms with E-state index in [4.69, 9.17) is 5.11 Å². The van der Waals surface area contributed by atoms with E-state index in [1.807, 2.05) is 0 Å². The summed E-state index contributed by atoms with van der Waals surface area (Å²) in [5.74, 6) is -3.58. The molecule has 12 nitrogen and oxygen atoms in total. The molecule has 2 rings (SSSR count). The first kappa shape index (κ1) is 22.1. The number of hydrogen-bond donors (Lipinski definition) is 3. The molecule has 3 N–H and O–H groups in total. The van der Waals surface area contributed by atoms with Crippen molar-refractivity contribution in [1.29, 1.82) is 0 Å². The lowest BCUT2D eigenvalue weighted by Crippen LogP contribution is -2.64. The van der Waals surface area contributed by atoms with Crippen LogP contribution in [0.5, 0.6) is 0 Å². The first-order valence-corrected chi connectivity index (χ1v) is 9.16. The molecule has 4 amide bonds. The normalized spacial score (nSPS) is 22.8. The first-order valence-electron chi connectivity index (χ1n) is 9.16. The lowest BCUT2D eigenvalue weighted by molar-refractivity contribution is -0.176. The van der Waals surface area contributed by atoms with Crippen molar-refractivity contribution in [3.8, 4) is 0 Å². The predicted octanol–water partition coefficient (Wildman–Crippen LogP) is -1.21. The van der Waals surface area contributed by atoms with E-state index in [1.165, 1.54) is 5.01 Å². The summed E-state index contributed by atoms with van der Waals surface area (Å²) in [6.45, 7) is 1.38. The Morgan fingerprint density at radius 2 is 1.93 bits per heavy atom. The summed E-state index contributed by atoms with van der Waals surface area (Å²) in [6.07, 6.45) is -0.767. The van der Waals surface area contributed by atoms with Crippen molar-refractivity contribution in [2.75, 3.05) is 13.7 Å². The van der Waals surface area contributed by atoms with E-state index in [-0.39, 0.29) is 31.7 Å². The number of amides is 4. The van der Waals surface area contributed by atoms with Gasteiger partial charge in [-0.15, -0.1) is 0 Å². The fourth-order valence-corrected chi connectivity index (χ4v) is 3.35. The molecule has 0 aliphatic carbocycles. The number of ether oxygens (including phenoxy) is 1. The van der Waals surface area contributed by atoms with Crippen LogP contribution in [0.15, 0.2) is 0 Å². The fourth-order valence-electron chi connectivity index (χ4n) is 3.35. The van der Waals surface area contributed by atoms with Gasteiger partial charge in [0.05, 0.1) is 19.6 Å². The largest absolute Gasteiger partial charge is 0.481 e. The Hall–Kier alpha value is -3.18. The maximum absolute atomic E-state index is 13.0. The molecule has 0 aromatic carbocycles. The van der Waals surface area contributed by atoms with Crippen LogP contribution in [0.25, 0.3) is 0 Å². The number of Topliss-reactive ketones (excluding diaryl/α,β-unsaturated/α-hetero) is 1. The van der Waals surface area contributed by atoms with Crippen LogP contribution >= 0.6 is 0 Å². The number of rotatable bonds is 6. The van der Waals surface area contributed by atoms with E-state index in [0.29, 0.717) is 6.42 Å². The van der Waals surface area contributed by atoms with Gasteiger partial charge >= 0.3 is 12.1 Å². The van der Waals surface area contributed by atoms with E-state index in [2.05, 4.69) is 15.4 Å². The van der Waals surface area contributed by atoms with Crippen molar-refractivity contribution >= 4 is 35.6 Å². The monoisotopic (exact) mass is 412 g/mol. The maximum atomic E-state index is 13.0. The van der Waals surface area contributed by atoms with Crippen molar-refractivity contribution in [1.82, 2.24) is 20.7 Å². The number of carbonyl (C=O) groups excluding carboxylic acids is 5. The Kier molecular flexibility index (Phi) is 7.13. The summed E-state index contributed by atoms with van der Waals surface area (Å²) in [6, 6.07) is -3.43. The molecule has 12 heteroatoms. The fraction of sp³-hybridized carbons (Fsp3) is 0.647. The van der Waals surface area contributed by atoms with Gasteiger partial charge in [-0.3, -0.25) is 29.0 Å². The summed E-state index contributed by atoms with van der Waals surface area (Å²) < 4.78 is 4.50. The van der Waals surface area contributed by atoms with Crippen LogP contribution < -0.4 is 10.6 Å². The van der Waals surface area contributed by atoms with Crippen LogP contribution in [-0.2, 0) is 28.7 Å². The van der Waals surface area contributed by atoms with Gasteiger partial charge in [-0.1, -0.05) is 0 Å². The summed E-state index contributed by atoms with van der Waals surface area (Å²) >= 11 is 0. The number of carboxylic acids is 1. The van der Waals surface area contributed by atoms with E-state index in [0.717, 1.165) is 19.0 Å². The molecular weight excluding hydrogens is 388 g/mol. The van der Waals surface area contributed by atoms with Crippen LogP contribution in [-0.4, -0.2) is 82.5 Å². The molecule has 0 bridgehead atoms. The molecule has 2 saturated heterocycles. The van der Waals surface area contributed by atoms with Crippen LogP contribution in [0.3, 0.4) is 0 Å². The number of carboxylic acid groups (broad SMARTS) is 1. The molecule has 0 spiro atoms. The highest BCUT2D eigenvalue weighted by Crippen LogP contribution is 2.25. The van der Waals surface area contributed by atoms with Crippen LogP contribution in [0, 0.1) is 0 Å². The zero-order chi connectivity index (χ0) is 21.7. The molecule has 2 fully saturated rings. The van der Waals surface area contributed by atoms with Crippen LogP contribution in [0.2, 0.25) is 0 Å². The minimum Gasteiger partial charge on any atom is -0.481 e. The Bertz CT molecular complexity index is 724. The molecule has 3 atom stereocenters. The van der Waals surface area contributed by atoms with Crippen molar-refractivity contribution < 1.29 is 38.6 Å². The SMILES string of the molecule is COC(=O)NC1CCC(=O)N2CCCC(C(=O)NC(CC(=O)O)C(C)=O)N2C1=O. The Balaban J connectivity index is 2.26. The highest BCUT2D eigenvalue weighted by Gasteiger charge is 2.45. The molecule has 0 aromatic heterocycles. The van der Waals surface area contributed by atoms with E-state index >= 15 is 0 Å². The lowest BCUT2D eigenvalue weighted by atomic mass is 10.0. The van der Waals surface area contributed by atoms with Gasteiger partial charge in [-0.05, 0) is 26.2 Å². The number of fused-ring (bicyclic) bond motifs is 1. The number of nitrogens with one attached hydrogen (secondary N) is 2. The highest BCUT2D eigenvalue weighted by molar-refractivity contribution is 5.96. The van der Waals surface area contributed by atoms with Gasteiger partial charge in [0.2, 0.25) is 11.8 Å². The Morgan fingerprint density at radius 3 is 2.52 bits per heavy atom. The third kappa shape index (κ3) is 5.21. The van der Waals surface area contributed by atoms with Gasteiger partial charge in [0.15, 0.2) is 5.78 Å². The molecule has 2 aliphatic rings. The average molecular weight is 412 g/mol. The number of methoxy groups -OCH3 is 1. The molecule has 2 aliphatic heterocycles. The standard InChI is InChI=1S/C17H24N4O8/c1-9(22)11(8-14(24)25)18-15(26)12-4-3-7-20-13(23)6-5-10(16(27)21(12)20)19-17(28)29-2/h10-12H,3-8H2,1-2H3,(H,18,26)(H,19,28)(H,24,25). The second kappa shape index (κ2) is 9.34. The molecule has 0 radical (unpaired) electrons. The van der Waals surface area contributed by atoms with Crippen molar-refractivity contribution in [2.45, 2.75) is 57.2 Å². The third-order valence-electron chi connectivity index (χ3n) is 4.83. The Morgan fingerprint density at radius 1 is 1.24 bits per heavy atom. The minimum absolute atomic E-state index is 0.0136. The lowest BCUT2D eigenvalue weighted by Gasteiger charge is -2.43. The number of nitrogens with zero attached hydrogens (tertiary/aromatic N) is 2. The van der Waals surface area contributed by atoms with Crippen molar-refractivity contribution in [3.63, 3.8) is 0 Å².